The first-order valence-electron chi connectivity index (χ1n) is 7.96. The Kier molecular flexibility index (Phi) is 6.32. The minimum Gasteiger partial charge on any atom is -0.481 e. The molecule has 2 aromatic carbocycles. The molecule has 0 aliphatic heterocycles. The van der Waals surface area contributed by atoms with Gasteiger partial charge in [0.05, 0.1) is 5.92 Å². The van der Waals surface area contributed by atoms with Crippen molar-refractivity contribution in [3.8, 4) is 11.1 Å². The van der Waals surface area contributed by atoms with Crippen molar-refractivity contribution in [3.63, 3.8) is 0 Å². The molecule has 1 amide bonds. The largest absolute Gasteiger partial charge is 0.481 e. The Hall–Kier alpha value is -2.88. The molecular weight excluding hydrogens is 302 g/mol. The Balaban J connectivity index is 2.06. The highest BCUT2D eigenvalue weighted by atomic mass is 16.4. The minimum absolute atomic E-state index is 0.265. The smallest absolute Gasteiger partial charge is 0.306 e. The molecular formula is C20H21NO3. The molecule has 124 valence electrons. The van der Waals surface area contributed by atoms with E-state index < -0.39 is 11.9 Å². The first-order chi connectivity index (χ1) is 11.6. The summed E-state index contributed by atoms with van der Waals surface area (Å²) >= 11 is 0. The zero-order valence-corrected chi connectivity index (χ0v) is 13.6. The summed E-state index contributed by atoms with van der Waals surface area (Å²) in [6.07, 6.45) is 3.90. The lowest BCUT2D eigenvalue weighted by Crippen LogP contribution is -2.12. The molecule has 1 unspecified atom stereocenters. The molecule has 0 saturated heterocycles. The Morgan fingerprint density at radius 2 is 1.75 bits per heavy atom. The summed E-state index contributed by atoms with van der Waals surface area (Å²) in [6.45, 7) is 1.82. The van der Waals surface area contributed by atoms with E-state index in [0.29, 0.717) is 12.8 Å². The number of amides is 1. The molecule has 0 bridgehead atoms. The number of carboxylic acid groups (broad SMARTS) is 1. The fourth-order valence-electron chi connectivity index (χ4n) is 2.42. The van der Waals surface area contributed by atoms with Gasteiger partial charge in [0.25, 0.3) is 0 Å². The predicted octanol–water partition coefficient (Wildman–Crippen LogP) is 4.35. The van der Waals surface area contributed by atoms with Crippen LogP contribution in [0.2, 0.25) is 0 Å². The van der Waals surface area contributed by atoms with Crippen LogP contribution in [0.1, 0.15) is 19.8 Å². The Morgan fingerprint density at radius 1 is 1.08 bits per heavy atom. The lowest BCUT2D eigenvalue weighted by atomic mass is 10.0. The van der Waals surface area contributed by atoms with Crippen molar-refractivity contribution in [2.24, 2.45) is 5.92 Å². The summed E-state index contributed by atoms with van der Waals surface area (Å²) < 4.78 is 0. The van der Waals surface area contributed by atoms with Crippen LogP contribution in [0.4, 0.5) is 5.69 Å². The van der Waals surface area contributed by atoms with Gasteiger partial charge in [-0.2, -0.15) is 0 Å². The highest BCUT2D eigenvalue weighted by molar-refractivity contribution is 6.02. The fourth-order valence-corrected chi connectivity index (χ4v) is 2.42. The lowest BCUT2D eigenvalue weighted by molar-refractivity contribution is -0.141. The van der Waals surface area contributed by atoms with Crippen molar-refractivity contribution < 1.29 is 14.7 Å². The molecule has 0 aliphatic rings. The Morgan fingerprint density at radius 3 is 2.42 bits per heavy atom. The van der Waals surface area contributed by atoms with Gasteiger partial charge in [-0.15, -0.1) is 0 Å². The SMILES string of the molecule is CCC(C/C=C/C(=O)Nc1ccccc1-c1ccccc1)C(=O)O. The van der Waals surface area contributed by atoms with E-state index in [1.807, 2.05) is 61.5 Å². The van der Waals surface area contributed by atoms with Crippen LogP contribution in [0, 0.1) is 5.92 Å². The number of para-hydroxylation sites is 1. The number of nitrogens with one attached hydrogen (secondary N) is 1. The molecule has 0 heterocycles. The first-order valence-corrected chi connectivity index (χ1v) is 7.96. The van der Waals surface area contributed by atoms with Crippen LogP contribution in [0.5, 0.6) is 0 Å². The maximum Gasteiger partial charge on any atom is 0.306 e. The third-order valence-corrected chi connectivity index (χ3v) is 3.80. The molecule has 0 aromatic heterocycles. The molecule has 4 heteroatoms. The molecule has 2 aromatic rings. The highest BCUT2D eigenvalue weighted by Gasteiger charge is 2.12. The second-order valence-corrected chi connectivity index (χ2v) is 5.48. The van der Waals surface area contributed by atoms with E-state index in [0.717, 1.165) is 16.8 Å². The number of hydrogen-bond acceptors (Lipinski definition) is 2. The van der Waals surface area contributed by atoms with Crippen molar-refractivity contribution in [1.82, 2.24) is 0 Å². The van der Waals surface area contributed by atoms with Crippen molar-refractivity contribution in [3.05, 3.63) is 66.7 Å². The molecule has 0 fully saturated rings. The van der Waals surface area contributed by atoms with Crippen LogP contribution in [0.15, 0.2) is 66.7 Å². The van der Waals surface area contributed by atoms with Crippen molar-refractivity contribution >= 4 is 17.6 Å². The molecule has 4 nitrogen and oxygen atoms in total. The minimum atomic E-state index is -0.836. The van der Waals surface area contributed by atoms with Gasteiger partial charge in [0.1, 0.15) is 0 Å². The van der Waals surface area contributed by atoms with Crippen molar-refractivity contribution in [1.29, 1.82) is 0 Å². The molecule has 0 radical (unpaired) electrons. The Bertz CT molecular complexity index is 723. The van der Waals surface area contributed by atoms with Gasteiger partial charge in [-0.05, 0) is 30.5 Å². The van der Waals surface area contributed by atoms with Gasteiger partial charge in [-0.25, -0.2) is 0 Å². The quantitative estimate of drug-likeness (QED) is 0.744. The van der Waals surface area contributed by atoms with Gasteiger partial charge in [-0.3, -0.25) is 9.59 Å². The number of carboxylic acids is 1. The van der Waals surface area contributed by atoms with Gasteiger partial charge in [0.15, 0.2) is 0 Å². The van der Waals surface area contributed by atoms with Gasteiger partial charge in [0, 0.05) is 11.3 Å². The van der Waals surface area contributed by atoms with Crippen LogP contribution >= 0.6 is 0 Å². The third kappa shape index (κ3) is 4.81. The second-order valence-electron chi connectivity index (χ2n) is 5.48. The fraction of sp³-hybridized carbons (Fsp3) is 0.200. The van der Waals surface area contributed by atoms with E-state index in [-0.39, 0.29) is 5.91 Å². The number of allylic oxidation sites excluding steroid dienone is 1. The van der Waals surface area contributed by atoms with E-state index >= 15 is 0 Å². The van der Waals surface area contributed by atoms with Gasteiger partial charge >= 0.3 is 5.97 Å². The summed E-state index contributed by atoms with van der Waals surface area (Å²) in [5.41, 5.74) is 2.69. The topological polar surface area (TPSA) is 66.4 Å². The number of hydrogen-bond donors (Lipinski definition) is 2. The molecule has 2 N–H and O–H groups in total. The van der Waals surface area contributed by atoms with E-state index in [1.54, 1.807) is 6.08 Å². The lowest BCUT2D eigenvalue weighted by Gasteiger charge is -2.10. The summed E-state index contributed by atoms with van der Waals surface area (Å²) in [7, 11) is 0. The molecule has 24 heavy (non-hydrogen) atoms. The number of carbonyl (C=O) groups is 2. The molecule has 2 rings (SSSR count). The van der Waals surface area contributed by atoms with Crippen LogP contribution in [0.25, 0.3) is 11.1 Å². The molecule has 1 atom stereocenters. The summed E-state index contributed by atoms with van der Waals surface area (Å²) in [4.78, 5) is 23.1. The van der Waals surface area contributed by atoms with Crippen LogP contribution in [-0.4, -0.2) is 17.0 Å². The third-order valence-electron chi connectivity index (χ3n) is 3.80. The molecule has 0 spiro atoms. The van der Waals surface area contributed by atoms with Crippen molar-refractivity contribution in [2.45, 2.75) is 19.8 Å². The summed E-state index contributed by atoms with van der Waals surface area (Å²) in [5, 5.41) is 11.9. The monoisotopic (exact) mass is 323 g/mol. The van der Waals surface area contributed by atoms with Crippen LogP contribution in [0.3, 0.4) is 0 Å². The highest BCUT2D eigenvalue weighted by Crippen LogP contribution is 2.27. The average molecular weight is 323 g/mol. The Labute approximate surface area is 141 Å². The number of aliphatic carboxylic acids is 1. The number of carbonyl (C=O) groups excluding carboxylic acids is 1. The van der Waals surface area contributed by atoms with E-state index in [4.69, 9.17) is 5.11 Å². The maximum atomic E-state index is 12.1. The maximum absolute atomic E-state index is 12.1. The van der Waals surface area contributed by atoms with Crippen LogP contribution < -0.4 is 5.32 Å². The normalized spacial score (nSPS) is 12.0. The zero-order valence-electron chi connectivity index (χ0n) is 13.6. The van der Waals surface area contributed by atoms with Gasteiger partial charge in [-0.1, -0.05) is 61.5 Å². The average Bonchev–Trinajstić information content (AvgIpc) is 2.59. The number of benzene rings is 2. The van der Waals surface area contributed by atoms with Crippen LogP contribution in [-0.2, 0) is 9.59 Å². The summed E-state index contributed by atoms with van der Waals surface area (Å²) in [5.74, 6) is -1.55. The number of rotatable bonds is 7. The van der Waals surface area contributed by atoms with E-state index in [1.165, 1.54) is 6.08 Å². The molecule has 0 aliphatic carbocycles. The van der Waals surface area contributed by atoms with Gasteiger partial charge in [0.2, 0.25) is 5.91 Å². The second kappa shape index (κ2) is 8.67. The van der Waals surface area contributed by atoms with Gasteiger partial charge < -0.3 is 10.4 Å². The number of anilines is 1. The summed E-state index contributed by atoms with van der Waals surface area (Å²) in [6, 6.07) is 17.4. The standard InChI is InChI=1S/C20H21NO3/c1-2-15(20(23)24)11-8-14-19(22)21-18-13-7-6-12-17(18)16-9-4-3-5-10-16/h3-10,12-15H,2,11H2,1H3,(H,21,22)(H,23,24)/b14-8+. The zero-order chi connectivity index (χ0) is 17.4. The predicted molar refractivity (Wildman–Crippen MR) is 95.7 cm³/mol. The van der Waals surface area contributed by atoms with E-state index in [9.17, 15) is 9.59 Å². The van der Waals surface area contributed by atoms with Crippen molar-refractivity contribution in [2.75, 3.05) is 5.32 Å². The molecule has 0 saturated carbocycles. The van der Waals surface area contributed by atoms with E-state index in [2.05, 4.69) is 5.32 Å². The first kappa shape index (κ1) is 17.5.